The van der Waals surface area contributed by atoms with Gasteiger partial charge in [0.25, 0.3) is 0 Å². The predicted octanol–water partition coefficient (Wildman–Crippen LogP) is 1.51. The Balaban J connectivity index is 1.68. The number of hydrogen-bond donors (Lipinski definition) is 2. The fourth-order valence-corrected chi connectivity index (χ4v) is 2.39. The Bertz CT molecular complexity index is 344. The number of benzene rings is 1. The van der Waals surface area contributed by atoms with E-state index in [-0.39, 0.29) is 6.10 Å². The van der Waals surface area contributed by atoms with Crippen molar-refractivity contribution in [3.8, 4) is 0 Å². The van der Waals surface area contributed by atoms with Gasteiger partial charge in [0.05, 0.1) is 6.10 Å². The Kier molecular flexibility index (Phi) is 4.02. The quantitative estimate of drug-likeness (QED) is 0.759. The maximum absolute atomic E-state index is 9.23. The Hall–Kier alpha value is -1.06. The fraction of sp³-hybridized carbons (Fsp3) is 0.571. The average molecular weight is 234 g/mol. The first kappa shape index (κ1) is 12.4. The van der Waals surface area contributed by atoms with E-state index in [2.05, 4.69) is 24.1 Å². The van der Waals surface area contributed by atoms with E-state index in [1.165, 1.54) is 5.56 Å². The lowest BCUT2D eigenvalue weighted by Crippen LogP contribution is -2.37. The van der Waals surface area contributed by atoms with Gasteiger partial charge in [-0.1, -0.05) is 12.1 Å². The Morgan fingerprint density at radius 2 is 1.94 bits per heavy atom. The highest BCUT2D eigenvalue weighted by atomic mass is 16.3. The number of aliphatic hydroxyl groups is 1. The third kappa shape index (κ3) is 3.72. The van der Waals surface area contributed by atoms with Crippen LogP contribution in [0.2, 0.25) is 0 Å². The number of nitrogens with two attached hydrogens (primary N) is 1. The zero-order chi connectivity index (χ0) is 12.3. The topological polar surface area (TPSA) is 49.5 Å². The summed E-state index contributed by atoms with van der Waals surface area (Å²) in [4.78, 5) is 2.35. The van der Waals surface area contributed by atoms with E-state index in [0.717, 1.165) is 38.0 Å². The standard InChI is InChI=1S/C14H22N2O/c1-16(10-12-8-14(17)9-12)7-6-11-2-4-13(15)5-3-11/h2-5,12,14,17H,6-10,15H2,1H3. The van der Waals surface area contributed by atoms with Crippen molar-refractivity contribution < 1.29 is 5.11 Å². The molecule has 0 heterocycles. The van der Waals surface area contributed by atoms with Crippen LogP contribution in [0.25, 0.3) is 0 Å². The summed E-state index contributed by atoms with van der Waals surface area (Å²) in [5, 5.41) is 9.23. The van der Waals surface area contributed by atoms with Crippen molar-refractivity contribution in [3.63, 3.8) is 0 Å². The van der Waals surface area contributed by atoms with Crippen LogP contribution < -0.4 is 5.73 Å². The maximum Gasteiger partial charge on any atom is 0.0546 e. The van der Waals surface area contributed by atoms with Crippen LogP contribution in [0.5, 0.6) is 0 Å². The molecule has 1 saturated carbocycles. The number of nitrogens with zero attached hydrogens (tertiary/aromatic N) is 1. The van der Waals surface area contributed by atoms with E-state index in [9.17, 15) is 5.11 Å². The highest BCUT2D eigenvalue weighted by Gasteiger charge is 2.27. The average Bonchev–Trinajstić information content (AvgIpc) is 2.26. The molecular weight excluding hydrogens is 212 g/mol. The molecule has 0 aromatic heterocycles. The van der Waals surface area contributed by atoms with Crippen LogP contribution in [-0.2, 0) is 6.42 Å². The second-order valence-electron chi connectivity index (χ2n) is 5.25. The number of anilines is 1. The summed E-state index contributed by atoms with van der Waals surface area (Å²) in [6.07, 6.45) is 2.98. The zero-order valence-corrected chi connectivity index (χ0v) is 10.5. The smallest absolute Gasteiger partial charge is 0.0546 e. The second kappa shape index (κ2) is 5.52. The lowest BCUT2D eigenvalue weighted by molar-refractivity contribution is 0.0285. The van der Waals surface area contributed by atoms with Gasteiger partial charge in [0.1, 0.15) is 0 Å². The number of likely N-dealkylation sites (N-methyl/N-ethyl adjacent to an activating group) is 1. The van der Waals surface area contributed by atoms with Crippen molar-refractivity contribution in [1.29, 1.82) is 0 Å². The van der Waals surface area contributed by atoms with Crippen LogP contribution in [0.15, 0.2) is 24.3 Å². The van der Waals surface area contributed by atoms with E-state index in [4.69, 9.17) is 5.73 Å². The molecule has 1 aliphatic rings. The monoisotopic (exact) mass is 234 g/mol. The zero-order valence-electron chi connectivity index (χ0n) is 10.5. The number of rotatable bonds is 5. The van der Waals surface area contributed by atoms with Gasteiger partial charge in [0.15, 0.2) is 0 Å². The summed E-state index contributed by atoms with van der Waals surface area (Å²) in [6, 6.07) is 8.10. The van der Waals surface area contributed by atoms with Crippen molar-refractivity contribution in [1.82, 2.24) is 4.90 Å². The van der Waals surface area contributed by atoms with Crippen molar-refractivity contribution in [2.24, 2.45) is 5.92 Å². The van der Waals surface area contributed by atoms with Gasteiger partial charge in [-0.05, 0) is 49.9 Å². The molecule has 2 rings (SSSR count). The molecule has 0 unspecified atom stereocenters. The minimum atomic E-state index is -0.0366. The summed E-state index contributed by atoms with van der Waals surface area (Å²) in [7, 11) is 2.15. The molecule has 0 amide bonds. The van der Waals surface area contributed by atoms with Crippen LogP contribution in [0.3, 0.4) is 0 Å². The van der Waals surface area contributed by atoms with Gasteiger partial charge in [-0.15, -0.1) is 0 Å². The second-order valence-corrected chi connectivity index (χ2v) is 5.25. The minimum absolute atomic E-state index is 0.0366. The van der Waals surface area contributed by atoms with Gasteiger partial charge in [-0.25, -0.2) is 0 Å². The molecule has 0 atom stereocenters. The Morgan fingerprint density at radius 3 is 2.53 bits per heavy atom. The van der Waals surface area contributed by atoms with E-state index < -0.39 is 0 Å². The Labute approximate surface area is 103 Å². The molecule has 1 fully saturated rings. The molecule has 3 N–H and O–H groups in total. The maximum atomic E-state index is 9.23. The number of hydrogen-bond acceptors (Lipinski definition) is 3. The van der Waals surface area contributed by atoms with E-state index in [1.807, 2.05) is 12.1 Å². The molecule has 0 saturated heterocycles. The Morgan fingerprint density at radius 1 is 1.29 bits per heavy atom. The van der Waals surface area contributed by atoms with Crippen LogP contribution in [-0.4, -0.2) is 36.2 Å². The van der Waals surface area contributed by atoms with E-state index in [1.54, 1.807) is 0 Å². The first-order valence-electron chi connectivity index (χ1n) is 6.34. The summed E-state index contributed by atoms with van der Waals surface area (Å²) in [6.45, 7) is 2.17. The lowest BCUT2D eigenvalue weighted by atomic mass is 9.82. The van der Waals surface area contributed by atoms with Gasteiger partial charge in [0, 0.05) is 18.8 Å². The molecule has 1 aromatic carbocycles. The van der Waals surface area contributed by atoms with Crippen molar-refractivity contribution in [3.05, 3.63) is 29.8 Å². The molecule has 1 aliphatic carbocycles. The minimum Gasteiger partial charge on any atom is -0.399 e. The van der Waals surface area contributed by atoms with Crippen LogP contribution >= 0.6 is 0 Å². The van der Waals surface area contributed by atoms with Crippen molar-refractivity contribution in [2.45, 2.75) is 25.4 Å². The summed E-state index contributed by atoms with van der Waals surface area (Å²) in [5.41, 5.74) is 7.81. The molecule has 0 radical (unpaired) electrons. The SMILES string of the molecule is CN(CCc1ccc(N)cc1)CC1CC(O)C1. The van der Waals surface area contributed by atoms with Crippen LogP contribution in [0, 0.1) is 5.92 Å². The van der Waals surface area contributed by atoms with Gasteiger partial charge < -0.3 is 15.7 Å². The summed E-state index contributed by atoms with van der Waals surface area (Å²) < 4.78 is 0. The van der Waals surface area contributed by atoms with E-state index >= 15 is 0 Å². The number of aliphatic hydroxyl groups excluding tert-OH is 1. The van der Waals surface area contributed by atoms with Gasteiger partial charge in [0.2, 0.25) is 0 Å². The first-order chi connectivity index (χ1) is 8.13. The molecule has 0 aliphatic heterocycles. The number of nitrogen functional groups attached to an aromatic ring is 1. The first-order valence-corrected chi connectivity index (χ1v) is 6.34. The summed E-state index contributed by atoms with van der Waals surface area (Å²) in [5.74, 6) is 0.696. The molecule has 3 heteroatoms. The third-order valence-corrected chi connectivity index (χ3v) is 3.54. The normalized spacial score (nSPS) is 23.7. The highest BCUT2D eigenvalue weighted by molar-refractivity contribution is 5.39. The largest absolute Gasteiger partial charge is 0.399 e. The van der Waals surface area contributed by atoms with Gasteiger partial charge in [-0.2, -0.15) is 0 Å². The van der Waals surface area contributed by atoms with E-state index in [0.29, 0.717) is 5.92 Å². The molecule has 3 nitrogen and oxygen atoms in total. The molecular formula is C14H22N2O. The highest BCUT2D eigenvalue weighted by Crippen LogP contribution is 2.27. The van der Waals surface area contributed by atoms with Gasteiger partial charge >= 0.3 is 0 Å². The van der Waals surface area contributed by atoms with Crippen LogP contribution in [0.1, 0.15) is 18.4 Å². The predicted molar refractivity (Wildman–Crippen MR) is 70.8 cm³/mol. The van der Waals surface area contributed by atoms with Crippen LogP contribution in [0.4, 0.5) is 5.69 Å². The molecule has 1 aromatic rings. The molecule has 0 spiro atoms. The fourth-order valence-electron chi connectivity index (χ4n) is 2.39. The van der Waals surface area contributed by atoms with Crippen molar-refractivity contribution >= 4 is 5.69 Å². The lowest BCUT2D eigenvalue weighted by Gasteiger charge is -2.34. The molecule has 0 bridgehead atoms. The third-order valence-electron chi connectivity index (χ3n) is 3.54. The van der Waals surface area contributed by atoms with Crippen molar-refractivity contribution in [2.75, 3.05) is 25.9 Å². The molecule has 17 heavy (non-hydrogen) atoms. The van der Waals surface area contributed by atoms with Gasteiger partial charge in [-0.3, -0.25) is 0 Å². The molecule has 94 valence electrons. The summed E-state index contributed by atoms with van der Waals surface area (Å²) >= 11 is 0.